The summed E-state index contributed by atoms with van der Waals surface area (Å²) in [5, 5.41) is 0. The Kier molecular flexibility index (Phi) is 47.6. The standard InChI is InChI=1S/C56H108O6/c1-6-8-9-10-11-12-13-14-15-16-19-22-25-31-36-41-46-54(57)60-49-53(62-56(59)48-43-38-33-28-27-30-35-40-45-52(5)7-2)50-61-55(58)47-42-37-32-26-23-20-17-18-21-24-29-34-39-44-51(3)4/h51-53H,6-50H2,1-5H3/t52?,53-/m0/s1. The van der Waals surface area contributed by atoms with E-state index in [1.165, 1.54) is 199 Å². The maximum Gasteiger partial charge on any atom is 0.306 e. The van der Waals surface area contributed by atoms with Crippen LogP contribution in [-0.2, 0) is 28.6 Å². The smallest absolute Gasteiger partial charge is 0.306 e. The molecule has 6 heteroatoms. The number of hydrogen-bond acceptors (Lipinski definition) is 6. The van der Waals surface area contributed by atoms with Gasteiger partial charge in [0.1, 0.15) is 13.2 Å². The molecule has 368 valence electrons. The van der Waals surface area contributed by atoms with Crippen molar-refractivity contribution in [3.63, 3.8) is 0 Å². The highest BCUT2D eigenvalue weighted by Gasteiger charge is 2.19. The largest absolute Gasteiger partial charge is 0.462 e. The van der Waals surface area contributed by atoms with E-state index in [-0.39, 0.29) is 31.1 Å². The molecule has 2 atom stereocenters. The number of hydrogen-bond donors (Lipinski definition) is 0. The summed E-state index contributed by atoms with van der Waals surface area (Å²) in [7, 11) is 0. The van der Waals surface area contributed by atoms with E-state index in [9.17, 15) is 14.4 Å². The van der Waals surface area contributed by atoms with E-state index >= 15 is 0 Å². The highest BCUT2D eigenvalue weighted by Crippen LogP contribution is 2.18. The summed E-state index contributed by atoms with van der Waals surface area (Å²) in [4.78, 5) is 38.1. The Morgan fingerprint density at radius 3 is 0.919 bits per heavy atom. The molecule has 0 radical (unpaired) electrons. The van der Waals surface area contributed by atoms with Crippen LogP contribution in [0.1, 0.15) is 311 Å². The van der Waals surface area contributed by atoms with Gasteiger partial charge in [-0.25, -0.2) is 0 Å². The molecule has 0 spiro atoms. The molecular formula is C56H108O6. The van der Waals surface area contributed by atoms with E-state index in [1.54, 1.807) is 0 Å². The van der Waals surface area contributed by atoms with Crippen molar-refractivity contribution >= 4 is 17.9 Å². The normalized spacial score (nSPS) is 12.5. The van der Waals surface area contributed by atoms with Crippen LogP contribution in [0.2, 0.25) is 0 Å². The molecule has 0 aliphatic rings. The van der Waals surface area contributed by atoms with E-state index in [0.717, 1.165) is 69.6 Å². The van der Waals surface area contributed by atoms with Gasteiger partial charge in [-0.05, 0) is 31.1 Å². The summed E-state index contributed by atoms with van der Waals surface area (Å²) in [6, 6.07) is 0. The van der Waals surface area contributed by atoms with Crippen LogP contribution < -0.4 is 0 Å². The van der Waals surface area contributed by atoms with E-state index < -0.39 is 6.10 Å². The lowest BCUT2D eigenvalue weighted by Gasteiger charge is -2.18. The molecule has 62 heavy (non-hydrogen) atoms. The highest BCUT2D eigenvalue weighted by atomic mass is 16.6. The Morgan fingerprint density at radius 2 is 0.613 bits per heavy atom. The lowest BCUT2D eigenvalue weighted by Crippen LogP contribution is -2.30. The van der Waals surface area contributed by atoms with Gasteiger partial charge in [-0.1, -0.05) is 272 Å². The summed E-state index contributed by atoms with van der Waals surface area (Å²) in [5.41, 5.74) is 0. The average molecular weight is 877 g/mol. The molecular weight excluding hydrogens is 769 g/mol. The predicted molar refractivity (Wildman–Crippen MR) is 266 cm³/mol. The molecule has 0 saturated heterocycles. The summed E-state index contributed by atoms with van der Waals surface area (Å²) in [5.74, 6) is 0.840. The quantitative estimate of drug-likeness (QED) is 0.0344. The summed E-state index contributed by atoms with van der Waals surface area (Å²) in [6.45, 7) is 11.4. The molecule has 0 amide bonds. The Morgan fingerprint density at radius 1 is 0.339 bits per heavy atom. The lowest BCUT2D eigenvalue weighted by molar-refractivity contribution is -0.167. The number of carbonyl (C=O) groups excluding carboxylic acids is 3. The second kappa shape index (κ2) is 48.9. The fourth-order valence-corrected chi connectivity index (χ4v) is 8.49. The monoisotopic (exact) mass is 877 g/mol. The first kappa shape index (κ1) is 60.4. The minimum Gasteiger partial charge on any atom is -0.462 e. The van der Waals surface area contributed by atoms with Gasteiger partial charge in [0.25, 0.3) is 0 Å². The second-order valence-corrected chi connectivity index (χ2v) is 19.9. The van der Waals surface area contributed by atoms with Gasteiger partial charge in [0, 0.05) is 19.3 Å². The third kappa shape index (κ3) is 47.9. The molecule has 0 N–H and O–H groups in total. The van der Waals surface area contributed by atoms with Gasteiger partial charge in [0.2, 0.25) is 0 Å². The van der Waals surface area contributed by atoms with Crippen LogP contribution in [0.15, 0.2) is 0 Å². The molecule has 0 aromatic heterocycles. The zero-order valence-electron chi connectivity index (χ0n) is 42.5. The zero-order chi connectivity index (χ0) is 45.4. The minimum atomic E-state index is -0.763. The summed E-state index contributed by atoms with van der Waals surface area (Å²) >= 11 is 0. The van der Waals surface area contributed by atoms with E-state index in [2.05, 4.69) is 34.6 Å². The molecule has 0 aliphatic heterocycles. The second-order valence-electron chi connectivity index (χ2n) is 19.9. The van der Waals surface area contributed by atoms with Crippen LogP contribution in [0.3, 0.4) is 0 Å². The van der Waals surface area contributed by atoms with Crippen molar-refractivity contribution in [1.29, 1.82) is 0 Å². The third-order valence-corrected chi connectivity index (χ3v) is 13.1. The first-order chi connectivity index (χ1) is 30.3. The van der Waals surface area contributed by atoms with Gasteiger partial charge in [-0.3, -0.25) is 14.4 Å². The Balaban J connectivity index is 4.29. The van der Waals surface area contributed by atoms with E-state index in [0.29, 0.717) is 19.3 Å². The third-order valence-electron chi connectivity index (χ3n) is 13.1. The van der Waals surface area contributed by atoms with E-state index in [4.69, 9.17) is 14.2 Å². The van der Waals surface area contributed by atoms with Gasteiger partial charge in [0.15, 0.2) is 6.10 Å². The first-order valence-corrected chi connectivity index (χ1v) is 27.8. The van der Waals surface area contributed by atoms with Crippen molar-refractivity contribution < 1.29 is 28.6 Å². The van der Waals surface area contributed by atoms with Crippen molar-refractivity contribution in [1.82, 2.24) is 0 Å². The Hall–Kier alpha value is -1.59. The van der Waals surface area contributed by atoms with Crippen LogP contribution in [0.5, 0.6) is 0 Å². The summed E-state index contributed by atoms with van der Waals surface area (Å²) < 4.78 is 16.9. The highest BCUT2D eigenvalue weighted by molar-refractivity contribution is 5.71. The van der Waals surface area contributed by atoms with Crippen LogP contribution in [0.4, 0.5) is 0 Å². The summed E-state index contributed by atoms with van der Waals surface area (Å²) in [6.07, 6.45) is 50.8. The molecule has 0 rings (SSSR count). The molecule has 0 heterocycles. The van der Waals surface area contributed by atoms with Crippen molar-refractivity contribution in [2.45, 2.75) is 317 Å². The maximum absolute atomic E-state index is 12.8. The van der Waals surface area contributed by atoms with Gasteiger partial charge in [-0.15, -0.1) is 0 Å². The maximum atomic E-state index is 12.8. The molecule has 0 bridgehead atoms. The fourth-order valence-electron chi connectivity index (χ4n) is 8.49. The Bertz CT molecular complexity index is 949. The molecule has 6 nitrogen and oxygen atoms in total. The van der Waals surface area contributed by atoms with Crippen LogP contribution >= 0.6 is 0 Å². The molecule has 1 unspecified atom stereocenters. The van der Waals surface area contributed by atoms with Gasteiger partial charge >= 0.3 is 17.9 Å². The van der Waals surface area contributed by atoms with Gasteiger partial charge in [0.05, 0.1) is 0 Å². The average Bonchev–Trinajstić information content (AvgIpc) is 3.26. The van der Waals surface area contributed by atoms with Gasteiger partial charge < -0.3 is 14.2 Å². The fraction of sp³-hybridized carbons (Fsp3) is 0.946. The lowest BCUT2D eigenvalue weighted by atomic mass is 9.99. The van der Waals surface area contributed by atoms with E-state index in [1.807, 2.05) is 0 Å². The molecule has 0 fully saturated rings. The van der Waals surface area contributed by atoms with Crippen LogP contribution in [-0.4, -0.2) is 37.2 Å². The number of ether oxygens (including phenoxy) is 3. The van der Waals surface area contributed by atoms with Crippen molar-refractivity contribution in [3.05, 3.63) is 0 Å². The van der Waals surface area contributed by atoms with Crippen molar-refractivity contribution in [3.8, 4) is 0 Å². The molecule has 0 saturated carbocycles. The predicted octanol–water partition coefficient (Wildman–Crippen LogP) is 18.1. The number of carbonyl (C=O) groups is 3. The van der Waals surface area contributed by atoms with Crippen LogP contribution in [0.25, 0.3) is 0 Å². The van der Waals surface area contributed by atoms with Crippen molar-refractivity contribution in [2.24, 2.45) is 11.8 Å². The molecule has 0 aliphatic carbocycles. The topological polar surface area (TPSA) is 78.9 Å². The van der Waals surface area contributed by atoms with Gasteiger partial charge in [-0.2, -0.15) is 0 Å². The SMILES string of the molecule is CCCCCCCCCCCCCCCCCCC(=O)OC[C@@H](COC(=O)CCCCCCCCCCCCCCCC(C)C)OC(=O)CCCCCCCCCCC(C)CC. The first-order valence-electron chi connectivity index (χ1n) is 27.8. The van der Waals surface area contributed by atoms with Crippen LogP contribution in [0, 0.1) is 11.8 Å². The molecule has 0 aromatic rings. The molecule has 0 aromatic carbocycles. The number of unbranched alkanes of at least 4 members (excludes halogenated alkanes) is 34. The van der Waals surface area contributed by atoms with Crippen molar-refractivity contribution in [2.75, 3.05) is 13.2 Å². The zero-order valence-corrected chi connectivity index (χ0v) is 42.5. The Labute approximate surface area is 387 Å². The number of rotatable bonds is 50. The minimum absolute atomic E-state index is 0.0634. The number of esters is 3.